The van der Waals surface area contributed by atoms with Gasteiger partial charge in [-0.05, 0) is 37.1 Å². The fourth-order valence-electron chi connectivity index (χ4n) is 2.46. The van der Waals surface area contributed by atoms with Crippen molar-refractivity contribution in [3.63, 3.8) is 0 Å². The van der Waals surface area contributed by atoms with Crippen molar-refractivity contribution in [1.82, 2.24) is 14.3 Å². The number of rotatable bonds is 6. The topological polar surface area (TPSA) is 46.6 Å². The molecule has 2 aromatic rings. The largest absolute Gasteiger partial charge is 0.330 e. The maximum absolute atomic E-state index is 5.84. The SMILES string of the molecule is CCN(Cc1cn2cccc(C)c2n1)CC(C)(C)CN. The normalized spacial score (nSPS) is 12.5. The highest BCUT2D eigenvalue weighted by Gasteiger charge is 2.20. The Morgan fingerprint density at radius 1 is 1.40 bits per heavy atom. The van der Waals surface area contributed by atoms with Gasteiger partial charge in [0.05, 0.1) is 5.69 Å². The quantitative estimate of drug-likeness (QED) is 0.880. The van der Waals surface area contributed by atoms with Crippen LogP contribution in [-0.2, 0) is 6.54 Å². The molecular formula is C16H26N4. The molecule has 2 N–H and O–H groups in total. The molecule has 0 saturated heterocycles. The van der Waals surface area contributed by atoms with Crippen molar-refractivity contribution in [1.29, 1.82) is 0 Å². The summed E-state index contributed by atoms with van der Waals surface area (Å²) >= 11 is 0. The van der Waals surface area contributed by atoms with E-state index in [0.29, 0.717) is 6.54 Å². The first-order chi connectivity index (χ1) is 9.45. The first-order valence-electron chi connectivity index (χ1n) is 7.31. The molecule has 0 aromatic carbocycles. The molecule has 4 nitrogen and oxygen atoms in total. The molecule has 0 unspecified atom stereocenters. The fraction of sp³-hybridized carbons (Fsp3) is 0.562. The second kappa shape index (κ2) is 5.94. The maximum Gasteiger partial charge on any atom is 0.139 e. The third-order valence-electron chi connectivity index (χ3n) is 3.76. The van der Waals surface area contributed by atoms with Gasteiger partial charge in [0, 0.05) is 25.5 Å². The minimum atomic E-state index is 0.144. The molecule has 0 saturated carbocycles. The summed E-state index contributed by atoms with van der Waals surface area (Å²) in [6.45, 7) is 12.3. The van der Waals surface area contributed by atoms with E-state index in [1.165, 1.54) is 5.56 Å². The summed E-state index contributed by atoms with van der Waals surface area (Å²) in [4.78, 5) is 7.15. The molecule has 2 heterocycles. The van der Waals surface area contributed by atoms with E-state index in [0.717, 1.165) is 31.0 Å². The zero-order chi connectivity index (χ0) is 14.8. The third kappa shape index (κ3) is 3.38. The van der Waals surface area contributed by atoms with Crippen LogP contribution in [0.25, 0.3) is 5.65 Å². The summed E-state index contributed by atoms with van der Waals surface area (Å²) in [7, 11) is 0. The molecule has 2 aromatic heterocycles. The molecule has 0 spiro atoms. The van der Waals surface area contributed by atoms with Crippen molar-refractivity contribution in [3.8, 4) is 0 Å². The highest BCUT2D eigenvalue weighted by atomic mass is 15.1. The van der Waals surface area contributed by atoms with E-state index in [4.69, 9.17) is 10.7 Å². The summed E-state index contributed by atoms with van der Waals surface area (Å²) in [5.41, 5.74) is 9.37. The number of aromatic nitrogens is 2. The molecule has 0 aliphatic heterocycles. The van der Waals surface area contributed by atoms with Crippen LogP contribution >= 0.6 is 0 Å². The Hall–Kier alpha value is -1.39. The van der Waals surface area contributed by atoms with Crippen LogP contribution in [0.1, 0.15) is 32.0 Å². The number of aryl methyl sites for hydroxylation is 1. The van der Waals surface area contributed by atoms with Crippen molar-refractivity contribution in [2.75, 3.05) is 19.6 Å². The Kier molecular flexibility index (Phi) is 4.45. The van der Waals surface area contributed by atoms with E-state index in [1.807, 2.05) is 0 Å². The van der Waals surface area contributed by atoms with Crippen LogP contribution in [0.4, 0.5) is 0 Å². The van der Waals surface area contributed by atoms with E-state index < -0.39 is 0 Å². The lowest BCUT2D eigenvalue weighted by atomic mass is 9.93. The van der Waals surface area contributed by atoms with Crippen LogP contribution in [-0.4, -0.2) is 33.9 Å². The molecule has 110 valence electrons. The minimum absolute atomic E-state index is 0.144. The molecule has 0 aliphatic rings. The van der Waals surface area contributed by atoms with Gasteiger partial charge in [-0.1, -0.05) is 26.8 Å². The minimum Gasteiger partial charge on any atom is -0.330 e. The predicted molar refractivity (Wildman–Crippen MR) is 83.7 cm³/mol. The molecule has 0 aliphatic carbocycles. The second-order valence-corrected chi connectivity index (χ2v) is 6.33. The van der Waals surface area contributed by atoms with Gasteiger partial charge in [-0.2, -0.15) is 0 Å². The molecule has 0 bridgehead atoms. The number of fused-ring (bicyclic) bond motifs is 1. The Bertz CT molecular complexity index is 571. The lowest BCUT2D eigenvalue weighted by molar-refractivity contribution is 0.182. The molecule has 0 radical (unpaired) electrons. The van der Waals surface area contributed by atoms with E-state index in [1.54, 1.807) is 0 Å². The number of imidazole rings is 1. The first kappa shape index (κ1) is 15.0. The summed E-state index contributed by atoms with van der Waals surface area (Å²) < 4.78 is 2.10. The van der Waals surface area contributed by atoms with Crippen LogP contribution in [0.3, 0.4) is 0 Å². The Morgan fingerprint density at radius 2 is 2.15 bits per heavy atom. The maximum atomic E-state index is 5.84. The average molecular weight is 274 g/mol. The third-order valence-corrected chi connectivity index (χ3v) is 3.76. The van der Waals surface area contributed by atoms with E-state index in [2.05, 4.69) is 61.5 Å². The number of pyridine rings is 1. The molecule has 0 atom stereocenters. The summed E-state index contributed by atoms with van der Waals surface area (Å²) in [5, 5.41) is 0. The standard InChI is InChI=1S/C16H26N4/c1-5-19(12-16(3,4)11-17)9-14-10-20-8-6-7-13(2)15(20)18-14/h6-8,10H,5,9,11-12,17H2,1-4H3. The van der Waals surface area contributed by atoms with Gasteiger partial charge in [0.25, 0.3) is 0 Å². The van der Waals surface area contributed by atoms with Gasteiger partial charge in [-0.3, -0.25) is 4.90 Å². The molecular weight excluding hydrogens is 248 g/mol. The smallest absolute Gasteiger partial charge is 0.139 e. The lowest BCUT2D eigenvalue weighted by Gasteiger charge is -2.30. The highest BCUT2D eigenvalue weighted by molar-refractivity contribution is 5.47. The van der Waals surface area contributed by atoms with Crippen molar-refractivity contribution in [3.05, 3.63) is 35.8 Å². The van der Waals surface area contributed by atoms with Crippen LogP contribution < -0.4 is 5.73 Å². The van der Waals surface area contributed by atoms with Gasteiger partial charge in [0.2, 0.25) is 0 Å². The van der Waals surface area contributed by atoms with Crippen LogP contribution in [0.5, 0.6) is 0 Å². The average Bonchev–Trinajstić information content (AvgIpc) is 2.82. The van der Waals surface area contributed by atoms with Gasteiger partial charge in [-0.15, -0.1) is 0 Å². The first-order valence-corrected chi connectivity index (χ1v) is 7.31. The summed E-state index contributed by atoms with van der Waals surface area (Å²) in [6.07, 6.45) is 4.18. The van der Waals surface area contributed by atoms with Crippen molar-refractivity contribution in [2.45, 2.75) is 34.2 Å². The van der Waals surface area contributed by atoms with E-state index >= 15 is 0 Å². The molecule has 20 heavy (non-hydrogen) atoms. The monoisotopic (exact) mass is 274 g/mol. The molecule has 2 rings (SSSR count). The van der Waals surface area contributed by atoms with Crippen molar-refractivity contribution in [2.24, 2.45) is 11.1 Å². The molecule has 0 amide bonds. The molecule has 4 heteroatoms. The number of nitrogens with zero attached hydrogens (tertiary/aromatic N) is 3. The van der Waals surface area contributed by atoms with Crippen LogP contribution in [0.15, 0.2) is 24.5 Å². The van der Waals surface area contributed by atoms with Gasteiger partial charge < -0.3 is 10.1 Å². The summed E-state index contributed by atoms with van der Waals surface area (Å²) in [5.74, 6) is 0. The number of nitrogens with two attached hydrogens (primary N) is 1. The lowest BCUT2D eigenvalue weighted by Crippen LogP contribution is -2.38. The zero-order valence-electron chi connectivity index (χ0n) is 13.1. The van der Waals surface area contributed by atoms with Gasteiger partial charge in [0.1, 0.15) is 5.65 Å². The second-order valence-electron chi connectivity index (χ2n) is 6.33. The number of hydrogen-bond donors (Lipinski definition) is 1. The van der Waals surface area contributed by atoms with E-state index in [9.17, 15) is 0 Å². The van der Waals surface area contributed by atoms with Crippen molar-refractivity contribution >= 4 is 5.65 Å². The van der Waals surface area contributed by atoms with Gasteiger partial charge in [0.15, 0.2) is 0 Å². The molecule has 0 fully saturated rings. The van der Waals surface area contributed by atoms with Gasteiger partial charge >= 0.3 is 0 Å². The zero-order valence-corrected chi connectivity index (χ0v) is 13.1. The van der Waals surface area contributed by atoms with Crippen molar-refractivity contribution < 1.29 is 0 Å². The van der Waals surface area contributed by atoms with Gasteiger partial charge in [-0.25, -0.2) is 4.98 Å². The Morgan fingerprint density at radius 3 is 2.75 bits per heavy atom. The Labute approximate surface area is 121 Å². The highest BCUT2D eigenvalue weighted by Crippen LogP contribution is 2.17. The van der Waals surface area contributed by atoms with E-state index in [-0.39, 0.29) is 5.41 Å². The summed E-state index contributed by atoms with van der Waals surface area (Å²) in [6, 6.07) is 4.16. The van der Waals surface area contributed by atoms with Crippen LogP contribution in [0.2, 0.25) is 0 Å². The fourth-order valence-corrected chi connectivity index (χ4v) is 2.46. The number of hydrogen-bond acceptors (Lipinski definition) is 3. The van der Waals surface area contributed by atoms with Crippen LogP contribution in [0, 0.1) is 12.3 Å². The predicted octanol–water partition coefficient (Wildman–Crippen LogP) is 2.45. The Balaban J connectivity index is 2.15.